The Hall–Kier alpha value is -3.20. The Bertz CT molecular complexity index is 1100. The molecular weight excluding hydrogens is 424 g/mol. The largest absolute Gasteiger partial charge is 0.469 e. The summed E-state index contributed by atoms with van der Waals surface area (Å²) in [6.07, 6.45) is 1.67. The number of aliphatic imine (C=N–C) groups is 1. The quantitative estimate of drug-likeness (QED) is 0.643. The third kappa shape index (κ3) is 5.91. The topological polar surface area (TPSA) is 79.8 Å². The molecule has 0 atom stereocenters. The van der Waals surface area contributed by atoms with Gasteiger partial charge in [0.1, 0.15) is 11.6 Å². The van der Waals surface area contributed by atoms with E-state index in [0.717, 1.165) is 46.8 Å². The summed E-state index contributed by atoms with van der Waals surface area (Å²) < 4.78 is 31.8. The molecule has 1 aliphatic heterocycles. The molecule has 162 valence electrons. The number of fused-ring (bicyclic) bond motifs is 1. The lowest BCUT2D eigenvalue weighted by Gasteiger charge is -2.12. The molecule has 1 amide bonds. The van der Waals surface area contributed by atoms with Crippen molar-refractivity contribution in [3.63, 3.8) is 0 Å². The number of halogens is 2. The number of hydrogen-bond donors (Lipinski definition) is 2. The van der Waals surface area contributed by atoms with Gasteiger partial charge in [0.05, 0.1) is 41.4 Å². The van der Waals surface area contributed by atoms with Gasteiger partial charge in [-0.05, 0) is 55.3 Å². The molecule has 0 bridgehead atoms. The Morgan fingerprint density at radius 1 is 1.16 bits per heavy atom. The van der Waals surface area contributed by atoms with Crippen molar-refractivity contribution in [2.24, 2.45) is 4.99 Å². The average Bonchev–Trinajstić information content (AvgIpc) is 2.88. The summed E-state index contributed by atoms with van der Waals surface area (Å²) in [4.78, 5) is 28.7. The average molecular weight is 445 g/mol. The van der Waals surface area contributed by atoms with Crippen molar-refractivity contribution < 1.29 is 23.1 Å². The van der Waals surface area contributed by atoms with Crippen molar-refractivity contribution in [1.82, 2.24) is 0 Å². The van der Waals surface area contributed by atoms with Gasteiger partial charge in [0, 0.05) is 11.8 Å². The van der Waals surface area contributed by atoms with Crippen LogP contribution in [0.5, 0.6) is 0 Å². The lowest BCUT2D eigenvalue weighted by molar-refractivity contribution is -0.139. The van der Waals surface area contributed by atoms with Crippen LogP contribution >= 0.6 is 11.8 Å². The van der Waals surface area contributed by atoms with Gasteiger partial charge < -0.3 is 15.4 Å². The summed E-state index contributed by atoms with van der Waals surface area (Å²) in [7, 11) is 1.31. The van der Waals surface area contributed by atoms with E-state index in [1.165, 1.54) is 7.11 Å². The number of hydrogen-bond acceptors (Lipinski definition) is 6. The normalized spacial score (nSPS) is 12.7. The number of carbonyl (C=O) groups is 2. The third-order valence-corrected chi connectivity index (χ3v) is 5.46. The van der Waals surface area contributed by atoms with E-state index in [0.29, 0.717) is 16.4 Å². The highest BCUT2D eigenvalue weighted by Gasteiger charge is 2.17. The molecule has 0 fully saturated rings. The van der Waals surface area contributed by atoms with E-state index in [1.54, 1.807) is 6.08 Å². The standard InChI is InChI=1S/C22H21F2N3O3S/c1-12-6-18-19(7-13(12)2)27-21(9-15(25-18)10-22(29)30-3)31-11-20(28)26-17-8-14(23)4-5-16(17)24/h4-9,25H,10-11H2,1-3H3,(H,26,28). The fourth-order valence-corrected chi connectivity index (χ4v) is 3.56. The molecule has 3 rings (SSSR count). The van der Waals surface area contributed by atoms with Crippen molar-refractivity contribution >= 4 is 45.7 Å². The fourth-order valence-electron chi connectivity index (χ4n) is 2.82. The SMILES string of the molecule is COC(=O)CC1=CC(SCC(=O)Nc2cc(F)ccc2F)=Nc2cc(C)c(C)cc2N1. The number of carbonyl (C=O) groups excluding carboxylic acids is 2. The van der Waals surface area contributed by atoms with Crippen LogP contribution in [0.25, 0.3) is 0 Å². The van der Waals surface area contributed by atoms with Crippen molar-refractivity contribution in [3.8, 4) is 0 Å². The van der Waals surface area contributed by atoms with Crippen LogP contribution in [0.4, 0.5) is 25.8 Å². The maximum atomic E-state index is 13.7. The predicted octanol–water partition coefficient (Wildman–Crippen LogP) is 4.86. The van der Waals surface area contributed by atoms with Crippen LogP contribution in [-0.2, 0) is 14.3 Å². The van der Waals surface area contributed by atoms with Crippen LogP contribution in [0.15, 0.2) is 47.1 Å². The van der Waals surface area contributed by atoms with Gasteiger partial charge in [0.2, 0.25) is 5.91 Å². The predicted molar refractivity (Wildman–Crippen MR) is 119 cm³/mol. The Morgan fingerprint density at radius 3 is 2.65 bits per heavy atom. The number of benzene rings is 2. The van der Waals surface area contributed by atoms with E-state index in [-0.39, 0.29) is 17.9 Å². The van der Waals surface area contributed by atoms with E-state index in [4.69, 9.17) is 4.74 Å². The molecule has 0 saturated heterocycles. The second kappa shape index (κ2) is 9.74. The zero-order chi connectivity index (χ0) is 22.5. The number of rotatable bonds is 5. The number of thioether (sulfide) groups is 1. The lowest BCUT2D eigenvalue weighted by atomic mass is 10.1. The Labute approximate surface area is 182 Å². The molecule has 2 aromatic carbocycles. The maximum absolute atomic E-state index is 13.7. The molecule has 0 saturated carbocycles. The summed E-state index contributed by atoms with van der Waals surface area (Å²) in [6, 6.07) is 6.69. The van der Waals surface area contributed by atoms with Gasteiger partial charge in [0.25, 0.3) is 0 Å². The number of amides is 1. The third-order valence-electron chi connectivity index (χ3n) is 4.55. The van der Waals surface area contributed by atoms with Gasteiger partial charge in [-0.2, -0.15) is 0 Å². The molecule has 1 aliphatic rings. The number of anilines is 2. The number of nitrogens with one attached hydrogen (secondary N) is 2. The van der Waals surface area contributed by atoms with Gasteiger partial charge in [-0.15, -0.1) is 0 Å². The van der Waals surface area contributed by atoms with Crippen molar-refractivity contribution in [3.05, 3.63) is 64.9 Å². The van der Waals surface area contributed by atoms with Crippen molar-refractivity contribution in [1.29, 1.82) is 0 Å². The van der Waals surface area contributed by atoms with Gasteiger partial charge in [-0.3, -0.25) is 9.59 Å². The smallest absolute Gasteiger partial charge is 0.311 e. The summed E-state index contributed by atoms with van der Waals surface area (Å²) in [5.41, 5.74) is 3.85. The van der Waals surface area contributed by atoms with Gasteiger partial charge in [0.15, 0.2) is 0 Å². The van der Waals surface area contributed by atoms with Crippen LogP contribution in [0.2, 0.25) is 0 Å². The minimum atomic E-state index is -0.726. The molecular formula is C22H21F2N3O3S. The Kier molecular flexibility index (Phi) is 7.06. The first-order valence-corrected chi connectivity index (χ1v) is 10.4. The van der Waals surface area contributed by atoms with E-state index in [2.05, 4.69) is 15.6 Å². The first-order valence-electron chi connectivity index (χ1n) is 9.37. The van der Waals surface area contributed by atoms with Crippen LogP contribution < -0.4 is 10.6 Å². The molecule has 2 aromatic rings. The minimum absolute atomic E-state index is 0.00312. The van der Waals surface area contributed by atoms with E-state index >= 15 is 0 Å². The van der Waals surface area contributed by atoms with E-state index in [9.17, 15) is 18.4 Å². The summed E-state index contributed by atoms with van der Waals surface area (Å²) >= 11 is 1.11. The maximum Gasteiger partial charge on any atom is 0.311 e. The molecule has 0 aromatic heterocycles. The minimum Gasteiger partial charge on any atom is -0.469 e. The van der Waals surface area contributed by atoms with E-state index in [1.807, 2.05) is 26.0 Å². The van der Waals surface area contributed by atoms with Gasteiger partial charge in [-0.25, -0.2) is 13.8 Å². The Balaban J connectivity index is 1.80. The molecule has 0 aliphatic carbocycles. The second-order valence-electron chi connectivity index (χ2n) is 6.91. The molecule has 0 radical (unpaired) electrons. The zero-order valence-electron chi connectivity index (χ0n) is 17.2. The highest BCUT2D eigenvalue weighted by molar-refractivity contribution is 8.14. The van der Waals surface area contributed by atoms with Crippen LogP contribution in [0, 0.1) is 25.5 Å². The summed E-state index contributed by atoms with van der Waals surface area (Å²) in [6.45, 7) is 3.94. The number of nitrogens with zero attached hydrogens (tertiary/aromatic N) is 1. The number of aryl methyl sites for hydroxylation is 2. The van der Waals surface area contributed by atoms with Gasteiger partial charge in [-0.1, -0.05) is 11.8 Å². The van der Waals surface area contributed by atoms with Crippen LogP contribution in [0.3, 0.4) is 0 Å². The van der Waals surface area contributed by atoms with E-state index < -0.39 is 23.5 Å². The molecule has 31 heavy (non-hydrogen) atoms. The molecule has 0 spiro atoms. The van der Waals surface area contributed by atoms with Crippen LogP contribution in [-0.4, -0.2) is 29.8 Å². The monoisotopic (exact) mass is 445 g/mol. The number of esters is 1. The molecule has 0 unspecified atom stereocenters. The first-order chi connectivity index (χ1) is 14.7. The highest BCUT2D eigenvalue weighted by Crippen LogP contribution is 2.34. The first kappa shape index (κ1) is 22.5. The zero-order valence-corrected chi connectivity index (χ0v) is 18.0. The molecule has 1 heterocycles. The van der Waals surface area contributed by atoms with Crippen molar-refractivity contribution in [2.75, 3.05) is 23.5 Å². The molecule has 6 nitrogen and oxygen atoms in total. The lowest BCUT2D eigenvalue weighted by Crippen LogP contribution is -2.16. The van der Waals surface area contributed by atoms with Crippen molar-refractivity contribution in [2.45, 2.75) is 20.3 Å². The fraction of sp³-hybridized carbons (Fsp3) is 0.227. The summed E-state index contributed by atoms with van der Waals surface area (Å²) in [5.74, 6) is -2.40. The highest BCUT2D eigenvalue weighted by atomic mass is 32.2. The summed E-state index contributed by atoms with van der Waals surface area (Å²) in [5, 5.41) is 6.05. The molecule has 2 N–H and O–H groups in total. The number of ether oxygens (including phenoxy) is 1. The second-order valence-corrected chi connectivity index (χ2v) is 7.91. The molecule has 9 heteroatoms. The Morgan fingerprint density at radius 2 is 1.90 bits per heavy atom. The number of methoxy groups -OCH3 is 1. The van der Waals surface area contributed by atoms with Crippen LogP contribution in [0.1, 0.15) is 17.5 Å². The van der Waals surface area contributed by atoms with Gasteiger partial charge >= 0.3 is 5.97 Å².